The summed E-state index contributed by atoms with van der Waals surface area (Å²) in [6.07, 6.45) is 5.08. The van der Waals surface area contributed by atoms with Crippen molar-refractivity contribution in [1.29, 1.82) is 0 Å². The lowest BCUT2D eigenvalue weighted by molar-refractivity contribution is -0.192. The third kappa shape index (κ3) is 3.57. The van der Waals surface area contributed by atoms with E-state index in [4.69, 9.17) is 5.11 Å². The van der Waals surface area contributed by atoms with Crippen molar-refractivity contribution in [1.82, 2.24) is 4.90 Å². The van der Waals surface area contributed by atoms with Gasteiger partial charge in [-0.2, -0.15) is 0 Å². The Bertz CT molecular complexity index is 678. The van der Waals surface area contributed by atoms with Gasteiger partial charge in [0.15, 0.2) is 0 Å². The maximum Gasteiger partial charge on any atom is 0.246 e. The van der Waals surface area contributed by atoms with E-state index in [1.54, 1.807) is 13.1 Å². The Kier molecular flexibility index (Phi) is 6.29. The van der Waals surface area contributed by atoms with E-state index in [1.165, 1.54) is 4.90 Å². The van der Waals surface area contributed by atoms with Gasteiger partial charge in [-0.15, -0.1) is 0 Å². The summed E-state index contributed by atoms with van der Waals surface area (Å²) in [6.45, 7) is 6.44. The van der Waals surface area contributed by atoms with E-state index < -0.39 is 17.6 Å². The van der Waals surface area contributed by atoms with Crippen LogP contribution in [0.5, 0.6) is 0 Å². The molecule has 0 heterocycles. The normalized spacial score (nSPS) is 46.0. The summed E-state index contributed by atoms with van der Waals surface area (Å²) in [5.41, 5.74) is 0.147. The van der Waals surface area contributed by atoms with E-state index in [2.05, 4.69) is 13.8 Å². The highest BCUT2D eigenvalue weighted by molar-refractivity contribution is 5.88. The zero-order chi connectivity index (χ0) is 21.6. The number of aliphatic hydroxyl groups is 3. The lowest BCUT2D eigenvalue weighted by atomic mass is 9.42. The molecular weight excluding hydrogens is 370 g/mol. The zero-order valence-corrected chi connectivity index (χ0v) is 18.2. The fraction of sp³-hybridized carbons (Fsp3) is 0.826. The minimum absolute atomic E-state index is 0.0393. The molecule has 0 spiro atoms. The summed E-state index contributed by atoms with van der Waals surface area (Å²) in [7, 11) is 1.68. The van der Waals surface area contributed by atoms with Gasteiger partial charge in [0.05, 0.1) is 24.2 Å². The van der Waals surface area contributed by atoms with Crippen LogP contribution >= 0.6 is 0 Å². The highest BCUT2D eigenvalue weighted by Crippen LogP contribution is 2.64. The lowest BCUT2D eigenvalue weighted by Gasteiger charge is -2.63. The first-order valence-corrected chi connectivity index (χ1v) is 11.0. The van der Waals surface area contributed by atoms with Crippen molar-refractivity contribution in [3.63, 3.8) is 0 Å². The largest absolute Gasteiger partial charge is 0.395 e. The summed E-state index contributed by atoms with van der Waals surface area (Å²) in [4.78, 5) is 26.0. The second-order valence-corrected chi connectivity index (χ2v) is 10.1. The number of amides is 1. The van der Waals surface area contributed by atoms with Gasteiger partial charge in [-0.05, 0) is 61.2 Å². The van der Waals surface area contributed by atoms with Crippen molar-refractivity contribution in [2.45, 2.75) is 65.1 Å². The number of aldehydes is 1. The lowest BCUT2D eigenvalue weighted by Crippen LogP contribution is -2.62. The molecule has 164 valence electrons. The fourth-order valence-corrected chi connectivity index (χ4v) is 6.84. The molecule has 0 bridgehead atoms. The van der Waals surface area contributed by atoms with Crippen LogP contribution in [0.15, 0.2) is 11.6 Å². The van der Waals surface area contributed by atoms with Gasteiger partial charge < -0.3 is 25.0 Å². The van der Waals surface area contributed by atoms with Crippen LogP contribution in [0, 0.1) is 34.5 Å². The van der Waals surface area contributed by atoms with E-state index in [9.17, 15) is 19.8 Å². The molecule has 3 fully saturated rings. The third-order valence-corrected chi connectivity index (χ3v) is 8.74. The molecule has 0 unspecified atom stereocenters. The summed E-state index contributed by atoms with van der Waals surface area (Å²) < 4.78 is 0. The van der Waals surface area contributed by atoms with Gasteiger partial charge in [-0.1, -0.05) is 26.3 Å². The van der Waals surface area contributed by atoms with Gasteiger partial charge in [0, 0.05) is 19.7 Å². The van der Waals surface area contributed by atoms with Crippen LogP contribution in [0.2, 0.25) is 0 Å². The van der Waals surface area contributed by atoms with Crippen LogP contribution in [0.4, 0.5) is 0 Å². The Labute approximate surface area is 174 Å². The molecular formula is C23H37NO5. The van der Waals surface area contributed by atoms with Gasteiger partial charge in [0.2, 0.25) is 5.91 Å². The maximum absolute atomic E-state index is 12.4. The molecule has 6 nitrogen and oxygen atoms in total. The average Bonchev–Trinajstić information content (AvgIpc) is 2.69. The van der Waals surface area contributed by atoms with Crippen molar-refractivity contribution in [3.8, 4) is 0 Å². The minimum Gasteiger partial charge on any atom is -0.395 e. The second kappa shape index (κ2) is 8.12. The van der Waals surface area contributed by atoms with Crippen LogP contribution in [-0.2, 0) is 9.59 Å². The SMILES string of the molecule is C[C@H]1/C(=C/C(=O)N(C)CCO)CC[C@H]2[C@H]1[C@@H](O)C[C@H]1[C@@](C)(C=O)[C@@H](O)CC[C@]21C. The molecule has 3 N–H and O–H groups in total. The minimum atomic E-state index is -0.818. The van der Waals surface area contributed by atoms with E-state index in [1.807, 2.05) is 6.92 Å². The molecule has 0 saturated heterocycles. The van der Waals surface area contributed by atoms with Crippen LogP contribution in [0.25, 0.3) is 0 Å². The molecule has 3 saturated carbocycles. The van der Waals surface area contributed by atoms with Gasteiger partial charge in [-0.3, -0.25) is 4.79 Å². The molecule has 3 rings (SSSR count). The Morgan fingerprint density at radius 1 is 1.28 bits per heavy atom. The molecule has 0 aromatic rings. The Morgan fingerprint density at radius 3 is 2.59 bits per heavy atom. The predicted octanol–water partition coefficient (Wildman–Crippen LogP) is 1.77. The number of allylic oxidation sites excluding steroid dienone is 1. The first-order valence-electron chi connectivity index (χ1n) is 11.0. The molecule has 3 aliphatic carbocycles. The smallest absolute Gasteiger partial charge is 0.246 e. The molecule has 0 aromatic carbocycles. The summed E-state index contributed by atoms with van der Waals surface area (Å²) in [5, 5.41) is 30.8. The van der Waals surface area contributed by atoms with E-state index in [0.717, 1.165) is 31.1 Å². The molecule has 0 radical (unpaired) electrons. The Balaban J connectivity index is 1.88. The van der Waals surface area contributed by atoms with Crippen LogP contribution < -0.4 is 0 Å². The Hall–Kier alpha value is -1.24. The van der Waals surface area contributed by atoms with Crippen molar-refractivity contribution in [2.24, 2.45) is 34.5 Å². The van der Waals surface area contributed by atoms with E-state index in [-0.39, 0.29) is 41.6 Å². The number of likely N-dealkylation sites (N-methyl/N-ethyl adjacent to an activating group) is 1. The number of hydrogen-bond acceptors (Lipinski definition) is 5. The molecule has 29 heavy (non-hydrogen) atoms. The predicted molar refractivity (Wildman–Crippen MR) is 110 cm³/mol. The summed E-state index contributed by atoms with van der Waals surface area (Å²) in [5.74, 6) is 0.256. The molecule has 1 amide bonds. The number of nitrogens with zero attached hydrogens (tertiary/aromatic N) is 1. The standard InChI is InChI=1S/C23H37NO5/c1-14-15(11-20(29)24(4)9-10-25)5-6-16-21(14)17(27)12-18-22(16,2)8-7-19(28)23(18,3)13-26/h11,13-14,16-19,21,25,27-28H,5-10,12H2,1-4H3/b15-11+/t14-,16-,17-,18+,19-,21-,22+,23+/m0/s1. The second-order valence-electron chi connectivity index (χ2n) is 10.1. The number of rotatable bonds is 4. The summed E-state index contributed by atoms with van der Waals surface area (Å²) in [6, 6.07) is 0. The van der Waals surface area contributed by atoms with Crippen molar-refractivity contribution in [2.75, 3.05) is 20.2 Å². The molecule has 0 aromatic heterocycles. The molecule has 6 heteroatoms. The van der Waals surface area contributed by atoms with E-state index >= 15 is 0 Å². The van der Waals surface area contributed by atoms with Crippen LogP contribution in [-0.4, -0.2) is 64.8 Å². The third-order valence-electron chi connectivity index (χ3n) is 8.74. The summed E-state index contributed by atoms with van der Waals surface area (Å²) >= 11 is 0. The Morgan fingerprint density at radius 2 is 1.97 bits per heavy atom. The zero-order valence-electron chi connectivity index (χ0n) is 18.2. The molecule has 8 atom stereocenters. The van der Waals surface area contributed by atoms with Crippen molar-refractivity contribution in [3.05, 3.63) is 11.6 Å². The monoisotopic (exact) mass is 407 g/mol. The van der Waals surface area contributed by atoms with Gasteiger partial charge in [0.25, 0.3) is 0 Å². The first-order chi connectivity index (χ1) is 13.6. The molecule has 0 aliphatic heterocycles. The topological polar surface area (TPSA) is 98.1 Å². The number of hydrogen-bond donors (Lipinski definition) is 3. The van der Waals surface area contributed by atoms with Gasteiger partial charge >= 0.3 is 0 Å². The number of aliphatic hydroxyl groups excluding tert-OH is 3. The highest BCUT2D eigenvalue weighted by atomic mass is 16.3. The first kappa shape index (κ1) is 22.4. The highest BCUT2D eigenvalue weighted by Gasteiger charge is 2.62. The maximum atomic E-state index is 12.4. The number of carbonyl (C=O) groups is 2. The number of fused-ring (bicyclic) bond motifs is 3. The van der Waals surface area contributed by atoms with Gasteiger partial charge in [0.1, 0.15) is 6.29 Å². The quantitative estimate of drug-likeness (QED) is 0.487. The van der Waals surface area contributed by atoms with Gasteiger partial charge in [-0.25, -0.2) is 0 Å². The van der Waals surface area contributed by atoms with E-state index in [0.29, 0.717) is 19.4 Å². The van der Waals surface area contributed by atoms with Crippen LogP contribution in [0.1, 0.15) is 52.9 Å². The van der Waals surface area contributed by atoms with Crippen LogP contribution in [0.3, 0.4) is 0 Å². The van der Waals surface area contributed by atoms with Crippen molar-refractivity contribution >= 4 is 12.2 Å². The molecule has 3 aliphatic rings. The fourth-order valence-electron chi connectivity index (χ4n) is 6.84. The number of carbonyl (C=O) groups excluding carboxylic acids is 2. The van der Waals surface area contributed by atoms with Crippen molar-refractivity contribution < 1.29 is 24.9 Å². The average molecular weight is 408 g/mol.